The number of nitrogens with two attached hydrogens (primary N) is 1. The molecule has 2 aromatic carbocycles. The number of piperidine rings is 1. The van der Waals surface area contributed by atoms with Crippen molar-refractivity contribution in [2.45, 2.75) is 19.8 Å². The number of hydrogen-bond donors (Lipinski definition) is 1. The van der Waals surface area contributed by atoms with Crippen molar-refractivity contribution in [3.63, 3.8) is 0 Å². The molecule has 2 N–H and O–H groups in total. The summed E-state index contributed by atoms with van der Waals surface area (Å²) in [5.74, 6) is 0.816. The molecule has 0 aliphatic carbocycles. The minimum Gasteiger partial charge on any atom is -0.399 e. The second-order valence-electron chi connectivity index (χ2n) is 5.87. The van der Waals surface area contributed by atoms with E-state index >= 15 is 0 Å². The molecule has 2 aromatic rings. The van der Waals surface area contributed by atoms with Gasteiger partial charge in [-0.15, -0.1) is 0 Å². The molecule has 0 unspecified atom stereocenters. The van der Waals surface area contributed by atoms with Gasteiger partial charge in [0.05, 0.1) is 0 Å². The molecule has 1 aliphatic heterocycles. The maximum atomic E-state index is 6.13. The summed E-state index contributed by atoms with van der Waals surface area (Å²) < 4.78 is 0. The van der Waals surface area contributed by atoms with Gasteiger partial charge in [-0.3, -0.25) is 0 Å². The molecule has 109 valence electrons. The van der Waals surface area contributed by atoms with Crippen molar-refractivity contribution in [1.82, 2.24) is 0 Å². The van der Waals surface area contributed by atoms with E-state index in [0.29, 0.717) is 0 Å². The van der Waals surface area contributed by atoms with E-state index in [4.69, 9.17) is 17.3 Å². The molecule has 1 heterocycles. The number of hydrogen-bond acceptors (Lipinski definition) is 2. The Labute approximate surface area is 131 Å². The second kappa shape index (κ2) is 5.98. The number of nitrogens with zero attached hydrogens (tertiary/aromatic N) is 1. The number of rotatable bonds is 2. The Kier molecular flexibility index (Phi) is 4.07. The molecule has 2 nitrogen and oxygen atoms in total. The zero-order valence-corrected chi connectivity index (χ0v) is 13.0. The number of anilines is 2. The van der Waals surface area contributed by atoms with Crippen LogP contribution in [0, 0.1) is 12.0 Å². The van der Waals surface area contributed by atoms with Gasteiger partial charge in [-0.1, -0.05) is 24.6 Å². The van der Waals surface area contributed by atoms with Crippen LogP contribution in [0.5, 0.6) is 0 Å². The maximum Gasteiger partial charge on any atom is 0.0447 e. The highest BCUT2D eigenvalue weighted by atomic mass is 35.5. The Bertz CT molecular complexity index is 631. The lowest BCUT2D eigenvalue weighted by atomic mass is 9.96. The molecule has 3 heteroatoms. The van der Waals surface area contributed by atoms with Crippen molar-refractivity contribution in [3.8, 4) is 11.1 Å². The Morgan fingerprint density at radius 1 is 1.19 bits per heavy atom. The van der Waals surface area contributed by atoms with E-state index in [1.54, 1.807) is 0 Å². The van der Waals surface area contributed by atoms with E-state index in [1.165, 1.54) is 18.5 Å². The fraction of sp³-hybridized carbons (Fsp3) is 0.333. The summed E-state index contributed by atoms with van der Waals surface area (Å²) in [4.78, 5) is 2.45. The van der Waals surface area contributed by atoms with Crippen LogP contribution in [-0.4, -0.2) is 13.1 Å². The SMILES string of the molecule is CC1CCN(c2ccc(N)cc2-c2[c]ccc(Cl)c2)CC1. The first-order valence-electron chi connectivity index (χ1n) is 7.45. The predicted octanol–water partition coefficient (Wildman–Crippen LogP) is 4.63. The van der Waals surface area contributed by atoms with E-state index in [2.05, 4.69) is 24.0 Å². The van der Waals surface area contributed by atoms with Gasteiger partial charge in [0, 0.05) is 35.1 Å². The van der Waals surface area contributed by atoms with Crippen LogP contribution in [0.3, 0.4) is 0 Å². The van der Waals surface area contributed by atoms with Crippen molar-refractivity contribution in [2.75, 3.05) is 23.7 Å². The molecular formula is C18H20ClN2. The second-order valence-corrected chi connectivity index (χ2v) is 6.30. The Hall–Kier alpha value is -1.67. The molecule has 1 aliphatic rings. The Balaban J connectivity index is 2.01. The standard InChI is InChI=1S/C18H20ClN2/c1-13-7-9-21(10-8-13)18-6-5-16(20)12-17(18)14-3-2-4-15(19)11-14/h2,4-6,11-13H,7-10,20H2,1H3. The van der Waals surface area contributed by atoms with Gasteiger partial charge >= 0.3 is 0 Å². The lowest BCUT2D eigenvalue weighted by molar-refractivity contribution is 0.438. The van der Waals surface area contributed by atoms with Gasteiger partial charge < -0.3 is 10.6 Å². The maximum absolute atomic E-state index is 6.13. The fourth-order valence-electron chi connectivity index (χ4n) is 2.89. The summed E-state index contributed by atoms with van der Waals surface area (Å²) in [5.41, 5.74) is 10.1. The molecule has 0 aromatic heterocycles. The van der Waals surface area contributed by atoms with Gasteiger partial charge in [-0.2, -0.15) is 0 Å². The van der Waals surface area contributed by atoms with Gasteiger partial charge in [0.1, 0.15) is 0 Å². The number of halogens is 1. The molecule has 1 radical (unpaired) electrons. The summed E-state index contributed by atoms with van der Waals surface area (Å²) in [7, 11) is 0. The first-order chi connectivity index (χ1) is 10.1. The molecule has 0 bridgehead atoms. The molecule has 3 rings (SSSR count). The predicted molar refractivity (Wildman–Crippen MR) is 90.7 cm³/mol. The van der Waals surface area contributed by atoms with Gasteiger partial charge in [0.15, 0.2) is 0 Å². The van der Waals surface area contributed by atoms with Crippen molar-refractivity contribution >= 4 is 23.0 Å². The molecule has 21 heavy (non-hydrogen) atoms. The van der Waals surface area contributed by atoms with Crippen molar-refractivity contribution in [2.24, 2.45) is 5.92 Å². The highest BCUT2D eigenvalue weighted by Crippen LogP contribution is 2.35. The largest absolute Gasteiger partial charge is 0.399 e. The van der Waals surface area contributed by atoms with Crippen LogP contribution in [0.2, 0.25) is 5.02 Å². The highest BCUT2D eigenvalue weighted by Gasteiger charge is 2.19. The smallest absolute Gasteiger partial charge is 0.0447 e. The topological polar surface area (TPSA) is 29.3 Å². The molecule has 1 fully saturated rings. The van der Waals surface area contributed by atoms with Gasteiger partial charge in [0.2, 0.25) is 0 Å². The molecule has 1 saturated heterocycles. The quantitative estimate of drug-likeness (QED) is 0.820. The minimum atomic E-state index is 0.726. The van der Waals surface area contributed by atoms with E-state index in [9.17, 15) is 0 Å². The summed E-state index contributed by atoms with van der Waals surface area (Å²) in [6.07, 6.45) is 2.48. The minimum absolute atomic E-state index is 0.726. The van der Waals surface area contributed by atoms with E-state index in [0.717, 1.165) is 40.8 Å². The first kappa shape index (κ1) is 14.3. The molecule has 0 saturated carbocycles. The van der Waals surface area contributed by atoms with Crippen molar-refractivity contribution in [1.29, 1.82) is 0 Å². The lowest BCUT2D eigenvalue weighted by Crippen LogP contribution is -2.33. The van der Waals surface area contributed by atoms with E-state index in [1.807, 2.05) is 30.3 Å². The normalized spacial score (nSPS) is 16.2. The van der Waals surface area contributed by atoms with Crippen LogP contribution >= 0.6 is 11.6 Å². The molecular weight excluding hydrogens is 280 g/mol. The van der Waals surface area contributed by atoms with Crippen LogP contribution in [-0.2, 0) is 0 Å². The highest BCUT2D eigenvalue weighted by molar-refractivity contribution is 6.30. The van der Waals surface area contributed by atoms with Crippen molar-refractivity contribution < 1.29 is 0 Å². The first-order valence-corrected chi connectivity index (χ1v) is 7.83. The van der Waals surface area contributed by atoms with Gasteiger partial charge in [-0.05, 0) is 60.7 Å². The van der Waals surface area contributed by atoms with Crippen LogP contribution in [0.25, 0.3) is 11.1 Å². The zero-order chi connectivity index (χ0) is 14.8. The van der Waals surface area contributed by atoms with Crippen LogP contribution in [0.1, 0.15) is 19.8 Å². The monoisotopic (exact) mass is 299 g/mol. The zero-order valence-electron chi connectivity index (χ0n) is 12.3. The lowest BCUT2D eigenvalue weighted by Gasteiger charge is -2.33. The number of nitrogen functional groups attached to an aromatic ring is 1. The summed E-state index contributed by atoms with van der Waals surface area (Å²) in [6.45, 7) is 4.52. The number of benzene rings is 2. The third-order valence-electron chi connectivity index (χ3n) is 4.20. The van der Waals surface area contributed by atoms with Crippen LogP contribution in [0.15, 0.2) is 36.4 Å². The average Bonchev–Trinajstić information content (AvgIpc) is 2.48. The van der Waals surface area contributed by atoms with Crippen LogP contribution in [0.4, 0.5) is 11.4 Å². The molecule has 0 amide bonds. The summed E-state index contributed by atoms with van der Waals surface area (Å²) >= 11 is 6.13. The van der Waals surface area contributed by atoms with Gasteiger partial charge in [-0.25, -0.2) is 0 Å². The van der Waals surface area contributed by atoms with E-state index in [-0.39, 0.29) is 0 Å². The average molecular weight is 300 g/mol. The third kappa shape index (κ3) is 3.16. The fourth-order valence-corrected chi connectivity index (χ4v) is 3.06. The summed E-state index contributed by atoms with van der Waals surface area (Å²) in [6, 6.07) is 15.1. The third-order valence-corrected chi connectivity index (χ3v) is 4.43. The Morgan fingerprint density at radius 2 is 1.95 bits per heavy atom. The van der Waals surface area contributed by atoms with Gasteiger partial charge in [0.25, 0.3) is 0 Å². The van der Waals surface area contributed by atoms with Crippen LogP contribution < -0.4 is 10.6 Å². The summed E-state index contributed by atoms with van der Waals surface area (Å²) in [5, 5.41) is 0.726. The van der Waals surface area contributed by atoms with Crippen molar-refractivity contribution in [3.05, 3.63) is 47.5 Å². The Morgan fingerprint density at radius 3 is 2.67 bits per heavy atom. The molecule has 0 spiro atoms. The molecule has 0 atom stereocenters. The van der Waals surface area contributed by atoms with E-state index < -0.39 is 0 Å².